The summed E-state index contributed by atoms with van der Waals surface area (Å²) in [4.78, 5) is 0. The lowest BCUT2D eigenvalue weighted by Gasteiger charge is -2.55. The van der Waals surface area contributed by atoms with Crippen molar-refractivity contribution in [2.75, 3.05) is 20.2 Å². The van der Waals surface area contributed by atoms with Gasteiger partial charge >= 0.3 is 0 Å². The van der Waals surface area contributed by atoms with Gasteiger partial charge in [-0.1, -0.05) is 25.3 Å². The zero-order valence-electron chi connectivity index (χ0n) is 16.1. The van der Waals surface area contributed by atoms with Gasteiger partial charge in [-0.2, -0.15) is 0 Å². The third kappa shape index (κ3) is 3.39. The summed E-state index contributed by atoms with van der Waals surface area (Å²) in [6.07, 6.45) is 11.6. The molecule has 4 rings (SSSR count). The molecule has 3 aliphatic rings. The van der Waals surface area contributed by atoms with Crippen LogP contribution in [0, 0.1) is 5.92 Å². The van der Waals surface area contributed by atoms with E-state index in [1.54, 1.807) is 7.11 Å². The molecule has 1 aromatic rings. The molecule has 26 heavy (non-hydrogen) atoms. The molecule has 2 saturated carbocycles. The largest absolute Gasteiger partial charge is 0.497 e. The van der Waals surface area contributed by atoms with Gasteiger partial charge in [0.05, 0.1) is 12.7 Å². The highest BCUT2D eigenvalue weighted by Crippen LogP contribution is 2.55. The van der Waals surface area contributed by atoms with Crippen LogP contribution in [0.15, 0.2) is 18.2 Å². The van der Waals surface area contributed by atoms with Crippen molar-refractivity contribution in [2.24, 2.45) is 5.92 Å². The first kappa shape index (κ1) is 20.0. The van der Waals surface area contributed by atoms with E-state index in [9.17, 15) is 5.11 Å². The molecule has 0 radical (unpaired) electrons. The van der Waals surface area contributed by atoms with E-state index in [2.05, 4.69) is 23.5 Å². The number of halogens is 1. The first-order chi connectivity index (χ1) is 12.2. The molecule has 2 unspecified atom stereocenters. The molecule has 0 aliphatic heterocycles. The normalized spacial score (nSPS) is 30.5. The second-order valence-electron chi connectivity index (χ2n) is 8.59. The van der Waals surface area contributed by atoms with Crippen LogP contribution >= 0.6 is 12.4 Å². The molecule has 4 heteroatoms. The van der Waals surface area contributed by atoms with Gasteiger partial charge < -0.3 is 15.2 Å². The summed E-state index contributed by atoms with van der Waals surface area (Å²) in [5, 5.41) is 15.3. The van der Waals surface area contributed by atoms with E-state index < -0.39 is 5.60 Å². The summed E-state index contributed by atoms with van der Waals surface area (Å²) >= 11 is 0. The summed E-state index contributed by atoms with van der Waals surface area (Å²) in [5.74, 6) is 1.82. The highest BCUT2D eigenvalue weighted by atomic mass is 35.5. The third-order valence-corrected chi connectivity index (χ3v) is 7.36. The Hall–Kier alpha value is -0.770. The minimum Gasteiger partial charge on any atom is -0.497 e. The van der Waals surface area contributed by atoms with E-state index in [-0.39, 0.29) is 17.8 Å². The maximum absolute atomic E-state index is 11.6. The number of methoxy groups -OCH3 is 1. The van der Waals surface area contributed by atoms with Gasteiger partial charge in [-0.25, -0.2) is 0 Å². The number of rotatable bonds is 6. The van der Waals surface area contributed by atoms with Gasteiger partial charge in [0.1, 0.15) is 5.75 Å². The molecule has 146 valence electrons. The molecular formula is C22H34ClNO2. The van der Waals surface area contributed by atoms with Crippen LogP contribution in [0.25, 0.3) is 0 Å². The molecule has 2 atom stereocenters. The number of aryl methyl sites for hydroxylation is 1. The van der Waals surface area contributed by atoms with Crippen molar-refractivity contribution in [3.63, 3.8) is 0 Å². The zero-order valence-corrected chi connectivity index (χ0v) is 16.9. The fourth-order valence-electron chi connectivity index (χ4n) is 5.55. The van der Waals surface area contributed by atoms with Crippen molar-refractivity contribution < 1.29 is 9.84 Å². The number of fused-ring (bicyclic) bond motifs is 3. The van der Waals surface area contributed by atoms with Crippen molar-refractivity contribution in [2.45, 2.75) is 75.2 Å². The van der Waals surface area contributed by atoms with Gasteiger partial charge in [0, 0.05) is 5.41 Å². The van der Waals surface area contributed by atoms with Crippen molar-refractivity contribution in [1.82, 2.24) is 5.32 Å². The Morgan fingerprint density at radius 2 is 1.96 bits per heavy atom. The Morgan fingerprint density at radius 1 is 1.15 bits per heavy atom. The van der Waals surface area contributed by atoms with Crippen LogP contribution in [-0.4, -0.2) is 30.9 Å². The first-order valence-corrected chi connectivity index (χ1v) is 10.3. The Morgan fingerprint density at radius 3 is 2.69 bits per heavy atom. The van der Waals surface area contributed by atoms with Crippen molar-refractivity contribution >= 4 is 12.4 Å². The zero-order chi connectivity index (χ0) is 17.3. The standard InChI is InChI=1S/C22H33NO2.ClH/c1-25-19-8-7-18-9-12-22(24)11-3-2-10-21(22,20(18)15-19)13-14-23-16-17-5-4-6-17;/h7-8,15,17,23-24H,2-6,9-14,16H2,1H3;1H. The number of hydrogen-bond donors (Lipinski definition) is 2. The second-order valence-corrected chi connectivity index (χ2v) is 8.59. The lowest BCUT2D eigenvalue weighted by molar-refractivity contribution is -0.0869. The van der Waals surface area contributed by atoms with Gasteiger partial charge in [0.25, 0.3) is 0 Å². The van der Waals surface area contributed by atoms with Crippen LogP contribution in [0.2, 0.25) is 0 Å². The van der Waals surface area contributed by atoms with E-state index in [1.165, 1.54) is 36.8 Å². The molecular weight excluding hydrogens is 346 g/mol. The molecule has 3 aliphatic carbocycles. The predicted molar refractivity (Wildman–Crippen MR) is 108 cm³/mol. The monoisotopic (exact) mass is 379 g/mol. The quantitative estimate of drug-likeness (QED) is 0.720. The minimum absolute atomic E-state index is 0. The second kappa shape index (κ2) is 8.08. The SMILES string of the molecule is COc1ccc2c(c1)C1(CCNCC3CCC3)CCCCC1(O)CC2.Cl. The van der Waals surface area contributed by atoms with Crippen LogP contribution in [0.4, 0.5) is 0 Å². The summed E-state index contributed by atoms with van der Waals surface area (Å²) in [5.41, 5.74) is 2.15. The van der Waals surface area contributed by atoms with Crippen LogP contribution in [0.5, 0.6) is 5.75 Å². The van der Waals surface area contributed by atoms with Gasteiger partial charge in [-0.15, -0.1) is 12.4 Å². The van der Waals surface area contributed by atoms with E-state index in [1.807, 2.05) is 0 Å². The van der Waals surface area contributed by atoms with Crippen molar-refractivity contribution in [3.8, 4) is 5.75 Å². The fourth-order valence-corrected chi connectivity index (χ4v) is 5.55. The summed E-state index contributed by atoms with van der Waals surface area (Å²) in [6, 6.07) is 6.52. The first-order valence-electron chi connectivity index (χ1n) is 10.3. The molecule has 0 heterocycles. The fraction of sp³-hybridized carbons (Fsp3) is 0.727. The minimum atomic E-state index is -0.539. The number of aliphatic hydroxyl groups is 1. The lowest BCUT2D eigenvalue weighted by atomic mass is 9.53. The van der Waals surface area contributed by atoms with E-state index in [0.717, 1.165) is 63.3 Å². The Labute approximate surface area is 164 Å². The van der Waals surface area contributed by atoms with Gasteiger partial charge in [-0.05, 0) is 87.2 Å². The van der Waals surface area contributed by atoms with E-state index in [0.29, 0.717) is 0 Å². The van der Waals surface area contributed by atoms with Crippen LogP contribution in [-0.2, 0) is 11.8 Å². The summed E-state index contributed by atoms with van der Waals surface area (Å²) in [6.45, 7) is 2.16. The number of nitrogens with one attached hydrogen (secondary N) is 1. The molecule has 0 amide bonds. The summed E-state index contributed by atoms with van der Waals surface area (Å²) in [7, 11) is 1.74. The van der Waals surface area contributed by atoms with Crippen molar-refractivity contribution in [1.29, 1.82) is 0 Å². The van der Waals surface area contributed by atoms with Gasteiger partial charge in [-0.3, -0.25) is 0 Å². The van der Waals surface area contributed by atoms with Crippen LogP contribution < -0.4 is 10.1 Å². The summed E-state index contributed by atoms with van der Waals surface area (Å²) < 4.78 is 5.52. The topological polar surface area (TPSA) is 41.5 Å². The third-order valence-electron chi connectivity index (χ3n) is 7.36. The Kier molecular flexibility index (Phi) is 6.21. The highest BCUT2D eigenvalue weighted by molar-refractivity contribution is 5.85. The maximum atomic E-state index is 11.6. The molecule has 3 nitrogen and oxygen atoms in total. The predicted octanol–water partition coefficient (Wildman–Crippen LogP) is 4.39. The molecule has 1 aromatic carbocycles. The maximum Gasteiger partial charge on any atom is 0.119 e. The number of benzene rings is 1. The lowest BCUT2D eigenvalue weighted by Crippen LogP contribution is -2.57. The average Bonchev–Trinajstić information content (AvgIpc) is 2.60. The Bertz CT molecular complexity index is 618. The molecule has 2 fully saturated rings. The van der Waals surface area contributed by atoms with Gasteiger partial charge in [0.2, 0.25) is 0 Å². The Balaban J connectivity index is 0.00000196. The highest BCUT2D eigenvalue weighted by Gasteiger charge is 2.54. The molecule has 0 saturated heterocycles. The van der Waals surface area contributed by atoms with E-state index in [4.69, 9.17) is 4.74 Å². The molecule has 0 spiro atoms. The van der Waals surface area contributed by atoms with E-state index >= 15 is 0 Å². The van der Waals surface area contributed by atoms with Crippen LogP contribution in [0.1, 0.15) is 68.9 Å². The van der Waals surface area contributed by atoms with Gasteiger partial charge in [0.15, 0.2) is 0 Å². The smallest absolute Gasteiger partial charge is 0.119 e. The number of ether oxygens (including phenoxy) is 1. The molecule has 0 aromatic heterocycles. The number of hydrogen-bond acceptors (Lipinski definition) is 3. The molecule has 0 bridgehead atoms. The van der Waals surface area contributed by atoms with Crippen molar-refractivity contribution in [3.05, 3.63) is 29.3 Å². The van der Waals surface area contributed by atoms with Crippen LogP contribution in [0.3, 0.4) is 0 Å². The average molecular weight is 380 g/mol. The molecule has 2 N–H and O–H groups in total.